The van der Waals surface area contributed by atoms with E-state index in [0.29, 0.717) is 23.6 Å². The summed E-state index contributed by atoms with van der Waals surface area (Å²) in [6.45, 7) is 2.96. The van der Waals surface area contributed by atoms with E-state index < -0.39 is 9.84 Å². The zero-order valence-corrected chi connectivity index (χ0v) is 9.71. The summed E-state index contributed by atoms with van der Waals surface area (Å²) in [5, 5.41) is 12.3. The van der Waals surface area contributed by atoms with Gasteiger partial charge in [0.1, 0.15) is 5.75 Å². The van der Waals surface area contributed by atoms with Gasteiger partial charge in [-0.1, -0.05) is 6.92 Å². The van der Waals surface area contributed by atoms with Crippen LogP contribution in [0.3, 0.4) is 0 Å². The average molecular weight is 239 g/mol. The van der Waals surface area contributed by atoms with Crippen LogP contribution in [0.25, 0.3) is 6.08 Å². The van der Waals surface area contributed by atoms with Gasteiger partial charge in [0, 0.05) is 6.54 Å². The van der Waals surface area contributed by atoms with Crippen molar-refractivity contribution in [2.24, 2.45) is 0 Å². The number of rotatable bonds is 3. The van der Waals surface area contributed by atoms with Crippen molar-refractivity contribution < 1.29 is 13.5 Å². The second-order valence-corrected chi connectivity index (χ2v) is 5.59. The van der Waals surface area contributed by atoms with E-state index in [4.69, 9.17) is 0 Å². The molecule has 1 aromatic rings. The topological polar surface area (TPSA) is 66.4 Å². The molecule has 1 aliphatic heterocycles. The first-order valence-electron chi connectivity index (χ1n) is 5.05. The number of aromatic hydroxyl groups is 1. The van der Waals surface area contributed by atoms with Gasteiger partial charge in [0.25, 0.3) is 0 Å². The van der Waals surface area contributed by atoms with E-state index in [1.165, 1.54) is 12.1 Å². The minimum Gasteiger partial charge on any atom is -0.508 e. The molecule has 2 N–H and O–H groups in total. The predicted octanol–water partition coefficient (Wildman–Crippen LogP) is 1.13. The Kier molecular flexibility index (Phi) is 2.73. The van der Waals surface area contributed by atoms with Crippen molar-refractivity contribution in [3.8, 4) is 5.75 Å². The summed E-state index contributed by atoms with van der Waals surface area (Å²) in [5.41, 5.74) is 0.644. The lowest BCUT2D eigenvalue weighted by Gasteiger charge is -2.04. The van der Waals surface area contributed by atoms with Crippen LogP contribution in [0.5, 0.6) is 5.75 Å². The van der Waals surface area contributed by atoms with Crippen LogP contribution < -0.4 is 5.32 Å². The number of nitrogens with one attached hydrogen (secondary N) is 1. The van der Waals surface area contributed by atoms with Crippen LogP contribution in [0.4, 0.5) is 0 Å². The highest BCUT2D eigenvalue weighted by Gasteiger charge is 2.29. The average Bonchev–Trinajstić information content (AvgIpc) is 2.48. The molecule has 4 nitrogen and oxygen atoms in total. The number of phenols is 1. The fraction of sp³-hybridized carbons (Fsp3) is 0.273. The van der Waals surface area contributed by atoms with E-state index in [1.807, 2.05) is 6.92 Å². The molecule has 0 saturated heterocycles. The van der Waals surface area contributed by atoms with Gasteiger partial charge in [0.05, 0.1) is 9.80 Å². The van der Waals surface area contributed by atoms with Gasteiger partial charge in [-0.15, -0.1) is 0 Å². The first kappa shape index (κ1) is 11.2. The molecule has 0 bridgehead atoms. The van der Waals surface area contributed by atoms with Gasteiger partial charge >= 0.3 is 0 Å². The molecule has 0 atom stereocenters. The minimum atomic E-state index is -3.40. The van der Waals surface area contributed by atoms with Crippen molar-refractivity contribution >= 4 is 15.9 Å². The number of hydrogen-bond acceptors (Lipinski definition) is 4. The molecule has 0 saturated carbocycles. The summed E-state index contributed by atoms with van der Waals surface area (Å²) in [6.07, 6.45) is 1.65. The van der Waals surface area contributed by atoms with Gasteiger partial charge in [-0.05, 0) is 36.4 Å². The monoisotopic (exact) mass is 239 g/mol. The molecule has 0 amide bonds. The smallest absolute Gasteiger partial charge is 0.204 e. The highest BCUT2D eigenvalue weighted by molar-refractivity contribution is 7.95. The summed E-state index contributed by atoms with van der Waals surface area (Å²) < 4.78 is 24.0. The van der Waals surface area contributed by atoms with Crippen molar-refractivity contribution in [1.82, 2.24) is 5.32 Å². The Morgan fingerprint density at radius 1 is 1.38 bits per heavy atom. The number of phenolic OH excluding ortho intramolecular Hbond substituents is 1. The zero-order valence-electron chi connectivity index (χ0n) is 8.90. The first-order valence-corrected chi connectivity index (χ1v) is 6.53. The Hall–Kier alpha value is -1.33. The number of likely N-dealkylation sites (N-methyl/N-ethyl adjacent to an activating group) is 1. The highest BCUT2D eigenvalue weighted by atomic mass is 32.2. The number of fused-ring (bicyclic) bond motifs is 1. The molecule has 86 valence electrons. The second kappa shape index (κ2) is 3.92. The first-order chi connectivity index (χ1) is 7.55. The van der Waals surface area contributed by atoms with Crippen molar-refractivity contribution in [2.45, 2.75) is 11.8 Å². The van der Waals surface area contributed by atoms with Gasteiger partial charge in [-0.2, -0.15) is 0 Å². The van der Waals surface area contributed by atoms with Crippen molar-refractivity contribution in [1.29, 1.82) is 0 Å². The SMILES string of the molecule is CCNCC1=Cc2ccc(O)cc2S1(=O)=O. The molecule has 2 rings (SSSR count). The fourth-order valence-electron chi connectivity index (χ4n) is 1.66. The summed E-state index contributed by atoms with van der Waals surface area (Å²) >= 11 is 0. The number of sulfone groups is 1. The van der Waals surface area contributed by atoms with Crippen LogP contribution in [0.1, 0.15) is 12.5 Å². The second-order valence-electron chi connectivity index (χ2n) is 3.62. The van der Waals surface area contributed by atoms with Gasteiger partial charge < -0.3 is 10.4 Å². The summed E-state index contributed by atoms with van der Waals surface area (Å²) in [7, 11) is -3.40. The molecule has 0 fully saturated rings. The molecule has 1 heterocycles. The van der Waals surface area contributed by atoms with Gasteiger partial charge in [0.2, 0.25) is 9.84 Å². The van der Waals surface area contributed by atoms with E-state index in [-0.39, 0.29) is 10.6 Å². The molecular weight excluding hydrogens is 226 g/mol. The fourth-order valence-corrected chi connectivity index (χ4v) is 3.23. The molecule has 1 aromatic carbocycles. The molecular formula is C11H13NO3S. The minimum absolute atomic E-state index is 0.0274. The molecule has 0 aromatic heterocycles. The third-order valence-corrected chi connectivity index (χ3v) is 4.38. The molecule has 0 radical (unpaired) electrons. The maximum absolute atomic E-state index is 12.0. The Labute approximate surface area is 94.5 Å². The summed E-state index contributed by atoms with van der Waals surface area (Å²) in [4.78, 5) is 0.551. The van der Waals surface area contributed by atoms with Crippen LogP contribution in [0.2, 0.25) is 0 Å². The molecule has 5 heteroatoms. The van der Waals surface area contributed by atoms with Crippen molar-refractivity contribution in [2.75, 3.05) is 13.1 Å². The van der Waals surface area contributed by atoms with Crippen LogP contribution in [-0.4, -0.2) is 26.6 Å². The van der Waals surface area contributed by atoms with Gasteiger partial charge in [-0.25, -0.2) is 8.42 Å². The number of hydrogen-bond donors (Lipinski definition) is 2. The normalized spacial score (nSPS) is 16.9. The van der Waals surface area contributed by atoms with E-state index in [0.717, 1.165) is 0 Å². The zero-order chi connectivity index (χ0) is 11.8. The standard InChI is InChI=1S/C11H13NO3S/c1-2-12-7-10-5-8-3-4-9(13)6-11(8)16(10,14)15/h3-6,12-13H,2,7H2,1H3. The maximum atomic E-state index is 12.0. The van der Waals surface area contributed by atoms with Crippen LogP contribution in [-0.2, 0) is 9.84 Å². The third-order valence-electron chi connectivity index (χ3n) is 2.50. The van der Waals surface area contributed by atoms with Crippen molar-refractivity contribution in [3.63, 3.8) is 0 Å². The highest BCUT2D eigenvalue weighted by Crippen LogP contribution is 2.34. The molecule has 16 heavy (non-hydrogen) atoms. The lowest BCUT2D eigenvalue weighted by Crippen LogP contribution is -2.19. The molecule has 0 unspecified atom stereocenters. The quantitative estimate of drug-likeness (QED) is 0.829. The van der Waals surface area contributed by atoms with Crippen molar-refractivity contribution in [3.05, 3.63) is 28.7 Å². The van der Waals surface area contributed by atoms with E-state index in [1.54, 1.807) is 12.1 Å². The van der Waals surface area contributed by atoms with Crippen LogP contribution in [0, 0.1) is 0 Å². The molecule has 0 aliphatic carbocycles. The van der Waals surface area contributed by atoms with Crippen LogP contribution >= 0.6 is 0 Å². The molecule has 0 spiro atoms. The third kappa shape index (κ3) is 1.72. The predicted molar refractivity (Wildman–Crippen MR) is 61.8 cm³/mol. The van der Waals surface area contributed by atoms with E-state index >= 15 is 0 Å². The van der Waals surface area contributed by atoms with Crippen LogP contribution in [0.15, 0.2) is 28.0 Å². The molecule has 1 aliphatic rings. The summed E-state index contributed by atoms with van der Waals surface area (Å²) in [5.74, 6) is -0.0274. The largest absolute Gasteiger partial charge is 0.508 e. The van der Waals surface area contributed by atoms with E-state index in [9.17, 15) is 13.5 Å². The Morgan fingerprint density at radius 2 is 2.12 bits per heavy atom. The Balaban J connectivity index is 2.44. The lowest BCUT2D eigenvalue weighted by molar-refractivity contribution is 0.473. The Bertz CT molecular complexity index is 546. The van der Waals surface area contributed by atoms with E-state index in [2.05, 4.69) is 5.32 Å². The lowest BCUT2D eigenvalue weighted by atomic mass is 10.2. The number of benzene rings is 1. The Morgan fingerprint density at radius 3 is 2.81 bits per heavy atom. The summed E-state index contributed by atoms with van der Waals surface area (Å²) in [6, 6.07) is 4.39. The van der Waals surface area contributed by atoms with Gasteiger partial charge in [-0.3, -0.25) is 0 Å². The van der Waals surface area contributed by atoms with Gasteiger partial charge in [0.15, 0.2) is 0 Å². The maximum Gasteiger partial charge on any atom is 0.204 e.